The van der Waals surface area contributed by atoms with Gasteiger partial charge in [-0.2, -0.15) is 0 Å². The number of thiazole rings is 1. The molecule has 106 valence electrons. The number of hydrogen-bond acceptors (Lipinski definition) is 3. The minimum absolute atomic E-state index is 0.783. The molecule has 2 aromatic rings. The lowest BCUT2D eigenvalue weighted by atomic mass is 9.83. The number of fused-ring (bicyclic) bond motifs is 1. The maximum atomic E-state index is 5.73. The van der Waals surface area contributed by atoms with Crippen LogP contribution in [0.1, 0.15) is 41.4 Å². The first-order valence-electron chi connectivity index (χ1n) is 7.43. The van der Waals surface area contributed by atoms with Crippen LogP contribution < -0.4 is 5.73 Å². The summed E-state index contributed by atoms with van der Waals surface area (Å²) in [6, 6.07) is 8.15. The summed E-state index contributed by atoms with van der Waals surface area (Å²) in [5, 5.41) is 1.25. The number of aryl methyl sites for hydroxylation is 1. The van der Waals surface area contributed by atoms with Crippen molar-refractivity contribution in [3.05, 3.63) is 45.4 Å². The molecule has 0 amide bonds. The van der Waals surface area contributed by atoms with Crippen LogP contribution in [0.15, 0.2) is 24.3 Å². The molecule has 0 radical (unpaired) electrons. The first-order valence-corrected chi connectivity index (χ1v) is 8.25. The number of rotatable bonds is 3. The van der Waals surface area contributed by atoms with Crippen molar-refractivity contribution in [3.8, 4) is 0 Å². The largest absolute Gasteiger partial charge is 0.399 e. The molecule has 0 fully saturated rings. The van der Waals surface area contributed by atoms with Gasteiger partial charge in [-0.05, 0) is 48.8 Å². The van der Waals surface area contributed by atoms with E-state index in [1.165, 1.54) is 34.0 Å². The summed E-state index contributed by atoms with van der Waals surface area (Å²) < 4.78 is 0. The highest BCUT2D eigenvalue weighted by Gasteiger charge is 2.24. The summed E-state index contributed by atoms with van der Waals surface area (Å²) in [7, 11) is 0. The molecule has 1 aromatic carbocycles. The molecule has 3 heteroatoms. The Morgan fingerprint density at radius 3 is 2.75 bits per heavy atom. The Bertz CT molecular complexity index is 584. The van der Waals surface area contributed by atoms with Crippen molar-refractivity contribution < 1.29 is 0 Å². The SMILES string of the molecule is CC(C)C1CCc2nc(Cc3ccc(N)cc3)sc2C1. The number of nitrogens with zero attached hydrogens (tertiary/aromatic N) is 1. The van der Waals surface area contributed by atoms with Gasteiger partial charge in [0.1, 0.15) is 0 Å². The van der Waals surface area contributed by atoms with Gasteiger partial charge in [0.15, 0.2) is 0 Å². The van der Waals surface area contributed by atoms with Crippen LogP contribution in [0.3, 0.4) is 0 Å². The molecule has 20 heavy (non-hydrogen) atoms. The van der Waals surface area contributed by atoms with E-state index in [1.54, 1.807) is 0 Å². The summed E-state index contributed by atoms with van der Waals surface area (Å²) in [5.74, 6) is 1.62. The van der Waals surface area contributed by atoms with E-state index in [0.717, 1.165) is 30.4 Å². The Morgan fingerprint density at radius 2 is 2.05 bits per heavy atom. The highest BCUT2D eigenvalue weighted by molar-refractivity contribution is 7.11. The summed E-state index contributed by atoms with van der Waals surface area (Å²) >= 11 is 1.91. The molecule has 3 rings (SSSR count). The van der Waals surface area contributed by atoms with E-state index in [1.807, 2.05) is 23.5 Å². The third-order valence-corrected chi connectivity index (χ3v) is 5.42. The second kappa shape index (κ2) is 5.57. The van der Waals surface area contributed by atoms with Gasteiger partial charge < -0.3 is 5.73 Å². The van der Waals surface area contributed by atoms with Gasteiger partial charge in [-0.15, -0.1) is 11.3 Å². The lowest BCUT2D eigenvalue weighted by Gasteiger charge is -2.24. The number of nitrogen functional groups attached to an aromatic ring is 1. The van der Waals surface area contributed by atoms with E-state index in [4.69, 9.17) is 10.7 Å². The van der Waals surface area contributed by atoms with Gasteiger partial charge in [-0.25, -0.2) is 4.98 Å². The molecule has 1 atom stereocenters. The molecule has 1 aliphatic carbocycles. The predicted molar refractivity (Wildman–Crippen MR) is 86.1 cm³/mol. The van der Waals surface area contributed by atoms with Crippen LogP contribution in [0.2, 0.25) is 0 Å². The molecule has 2 nitrogen and oxygen atoms in total. The molecule has 0 spiro atoms. The van der Waals surface area contributed by atoms with E-state index in [9.17, 15) is 0 Å². The van der Waals surface area contributed by atoms with Crippen LogP contribution in [0, 0.1) is 11.8 Å². The van der Waals surface area contributed by atoms with Gasteiger partial charge in [-0.1, -0.05) is 26.0 Å². The monoisotopic (exact) mass is 286 g/mol. The van der Waals surface area contributed by atoms with Crippen molar-refractivity contribution in [1.82, 2.24) is 4.98 Å². The Hall–Kier alpha value is -1.35. The summed E-state index contributed by atoms with van der Waals surface area (Å²) in [5.41, 5.74) is 9.21. The molecule has 2 N–H and O–H groups in total. The van der Waals surface area contributed by atoms with Crippen molar-refractivity contribution in [2.45, 2.75) is 39.5 Å². The van der Waals surface area contributed by atoms with Gasteiger partial charge in [0.05, 0.1) is 10.7 Å². The van der Waals surface area contributed by atoms with Crippen molar-refractivity contribution in [1.29, 1.82) is 0 Å². The minimum Gasteiger partial charge on any atom is -0.399 e. The zero-order chi connectivity index (χ0) is 14.1. The molecular weight excluding hydrogens is 264 g/mol. The van der Waals surface area contributed by atoms with Crippen LogP contribution in [-0.2, 0) is 19.3 Å². The average molecular weight is 286 g/mol. The summed E-state index contributed by atoms with van der Waals surface area (Å²) in [4.78, 5) is 6.38. The van der Waals surface area contributed by atoms with Gasteiger partial charge in [-0.3, -0.25) is 0 Å². The Kier molecular flexibility index (Phi) is 3.79. The Labute approximate surface area is 125 Å². The van der Waals surface area contributed by atoms with Crippen molar-refractivity contribution in [2.24, 2.45) is 11.8 Å². The van der Waals surface area contributed by atoms with Gasteiger partial charge in [0, 0.05) is 17.0 Å². The maximum absolute atomic E-state index is 5.73. The standard InChI is InChI=1S/C17H22N2S/c1-11(2)13-5-8-15-16(10-13)20-17(19-15)9-12-3-6-14(18)7-4-12/h3-4,6-7,11,13H,5,8-10,18H2,1-2H3. The fraction of sp³-hybridized carbons (Fsp3) is 0.471. The minimum atomic E-state index is 0.783. The van der Waals surface area contributed by atoms with Crippen molar-refractivity contribution in [2.75, 3.05) is 5.73 Å². The first kappa shape index (κ1) is 13.6. The number of hydrogen-bond donors (Lipinski definition) is 1. The van der Waals surface area contributed by atoms with E-state index in [2.05, 4.69) is 26.0 Å². The van der Waals surface area contributed by atoms with Crippen molar-refractivity contribution >= 4 is 17.0 Å². The molecule has 0 bridgehead atoms. The second-order valence-electron chi connectivity index (χ2n) is 6.14. The van der Waals surface area contributed by atoms with Crippen molar-refractivity contribution in [3.63, 3.8) is 0 Å². The second-order valence-corrected chi connectivity index (χ2v) is 7.31. The molecule has 0 saturated heterocycles. The lowest BCUT2D eigenvalue weighted by Crippen LogP contribution is -2.17. The van der Waals surface area contributed by atoms with Crippen LogP contribution >= 0.6 is 11.3 Å². The number of nitrogens with two attached hydrogens (primary N) is 1. The van der Waals surface area contributed by atoms with Crippen LogP contribution in [0.25, 0.3) is 0 Å². The fourth-order valence-corrected chi connectivity index (χ4v) is 4.15. The predicted octanol–water partition coefficient (Wildman–Crippen LogP) is 4.08. The Morgan fingerprint density at radius 1 is 1.30 bits per heavy atom. The maximum Gasteiger partial charge on any atom is 0.0974 e. The number of benzene rings is 1. The first-order chi connectivity index (χ1) is 9.61. The van der Waals surface area contributed by atoms with E-state index < -0.39 is 0 Å². The van der Waals surface area contributed by atoms with Gasteiger partial charge in [0.2, 0.25) is 0 Å². The van der Waals surface area contributed by atoms with E-state index in [-0.39, 0.29) is 0 Å². The highest BCUT2D eigenvalue weighted by Crippen LogP contribution is 2.34. The fourth-order valence-electron chi connectivity index (χ4n) is 2.91. The topological polar surface area (TPSA) is 38.9 Å². The zero-order valence-electron chi connectivity index (χ0n) is 12.2. The molecular formula is C17H22N2S. The highest BCUT2D eigenvalue weighted by atomic mass is 32.1. The normalized spacial score (nSPS) is 18.2. The van der Waals surface area contributed by atoms with Gasteiger partial charge in [0.25, 0.3) is 0 Å². The molecule has 1 aliphatic rings. The smallest absolute Gasteiger partial charge is 0.0974 e. The Balaban J connectivity index is 1.75. The average Bonchev–Trinajstić information content (AvgIpc) is 2.82. The van der Waals surface area contributed by atoms with Crippen LogP contribution in [0.5, 0.6) is 0 Å². The zero-order valence-corrected chi connectivity index (χ0v) is 13.0. The molecule has 0 aliphatic heterocycles. The summed E-state index contributed by atoms with van der Waals surface area (Å²) in [6.45, 7) is 4.68. The lowest BCUT2D eigenvalue weighted by molar-refractivity contribution is 0.344. The third-order valence-electron chi connectivity index (χ3n) is 4.30. The number of anilines is 1. The van der Waals surface area contributed by atoms with Crippen LogP contribution in [-0.4, -0.2) is 4.98 Å². The summed E-state index contributed by atoms with van der Waals surface area (Å²) in [6.07, 6.45) is 4.63. The molecule has 0 saturated carbocycles. The number of aromatic nitrogens is 1. The van der Waals surface area contributed by atoms with E-state index in [0.29, 0.717) is 0 Å². The third kappa shape index (κ3) is 2.88. The van der Waals surface area contributed by atoms with Crippen LogP contribution in [0.4, 0.5) is 5.69 Å². The quantitative estimate of drug-likeness (QED) is 0.864. The van der Waals surface area contributed by atoms with E-state index >= 15 is 0 Å². The van der Waals surface area contributed by atoms with Gasteiger partial charge >= 0.3 is 0 Å². The molecule has 1 aromatic heterocycles. The molecule has 1 heterocycles. The molecule has 1 unspecified atom stereocenters.